The number of benzene rings is 2. The number of esters is 1. The van der Waals surface area contributed by atoms with E-state index >= 15 is 0 Å². The van der Waals surface area contributed by atoms with Gasteiger partial charge in [0, 0.05) is 12.6 Å². The van der Waals surface area contributed by atoms with E-state index in [-0.39, 0.29) is 6.61 Å². The Labute approximate surface area is 163 Å². The molecule has 142 valence electrons. The Morgan fingerprint density at radius 1 is 1.04 bits per heavy atom. The van der Waals surface area contributed by atoms with E-state index in [9.17, 15) is 10.0 Å². The zero-order valence-electron chi connectivity index (χ0n) is 15.4. The molecule has 0 saturated carbocycles. The molecule has 0 fully saturated rings. The lowest BCUT2D eigenvalue weighted by atomic mass is 10.0. The molecule has 0 aliphatic heterocycles. The summed E-state index contributed by atoms with van der Waals surface area (Å²) in [6.45, 7) is 2.02. The maximum absolute atomic E-state index is 11.9. The van der Waals surface area contributed by atoms with Gasteiger partial charge in [-0.15, -0.1) is 0 Å². The molecule has 3 aromatic rings. The summed E-state index contributed by atoms with van der Waals surface area (Å²) >= 11 is 0. The average molecular weight is 376 g/mol. The van der Waals surface area contributed by atoms with Gasteiger partial charge in [0.15, 0.2) is 0 Å². The molecule has 0 atom stereocenters. The molecule has 0 aliphatic carbocycles. The monoisotopic (exact) mass is 376 g/mol. The maximum Gasteiger partial charge on any atom is 0.338 e. The Morgan fingerprint density at radius 3 is 2.57 bits per heavy atom. The molecule has 1 N–H and O–H groups in total. The highest BCUT2D eigenvalue weighted by molar-refractivity contribution is 6.01. The minimum atomic E-state index is -0.443. The zero-order chi connectivity index (χ0) is 19.8. The summed E-state index contributed by atoms with van der Waals surface area (Å²) in [4.78, 5) is 16.1. The third-order valence-corrected chi connectivity index (χ3v) is 3.94. The van der Waals surface area contributed by atoms with E-state index in [0.29, 0.717) is 29.1 Å². The second-order valence-electron chi connectivity index (χ2n) is 5.94. The van der Waals surface area contributed by atoms with Crippen LogP contribution in [-0.4, -0.2) is 28.5 Å². The van der Waals surface area contributed by atoms with Crippen molar-refractivity contribution in [3.05, 3.63) is 89.7 Å². The predicted molar refractivity (Wildman–Crippen MR) is 105 cm³/mol. The van der Waals surface area contributed by atoms with Gasteiger partial charge in [-0.1, -0.05) is 35.5 Å². The van der Waals surface area contributed by atoms with Crippen LogP contribution in [0.2, 0.25) is 0 Å². The van der Waals surface area contributed by atoms with Gasteiger partial charge in [-0.2, -0.15) is 0 Å². The Kier molecular flexibility index (Phi) is 6.36. The van der Waals surface area contributed by atoms with Gasteiger partial charge >= 0.3 is 5.97 Å². The van der Waals surface area contributed by atoms with Gasteiger partial charge in [-0.25, -0.2) is 4.79 Å². The fourth-order valence-corrected chi connectivity index (χ4v) is 2.64. The molecule has 0 radical (unpaired) electrons. The Bertz CT molecular complexity index is 971. The molecular weight excluding hydrogens is 356 g/mol. The van der Waals surface area contributed by atoms with Crippen LogP contribution in [0.5, 0.6) is 11.5 Å². The summed E-state index contributed by atoms with van der Waals surface area (Å²) in [5.41, 5.74) is 1.98. The normalized spacial score (nSPS) is 11.1. The lowest BCUT2D eigenvalue weighted by Crippen LogP contribution is -2.11. The summed E-state index contributed by atoms with van der Waals surface area (Å²) in [5, 5.41) is 12.9. The molecule has 3 rings (SSSR count). The van der Waals surface area contributed by atoms with Gasteiger partial charge in [0.25, 0.3) is 0 Å². The van der Waals surface area contributed by atoms with E-state index in [2.05, 4.69) is 10.1 Å². The molecule has 0 bridgehead atoms. The summed E-state index contributed by atoms with van der Waals surface area (Å²) < 4.78 is 10.8. The maximum atomic E-state index is 11.9. The molecule has 6 nitrogen and oxygen atoms in total. The first-order chi connectivity index (χ1) is 13.7. The van der Waals surface area contributed by atoms with Crippen LogP contribution in [0.25, 0.3) is 0 Å². The van der Waals surface area contributed by atoms with Gasteiger partial charge < -0.3 is 14.7 Å². The number of hydrogen-bond acceptors (Lipinski definition) is 6. The Balaban J connectivity index is 1.78. The third-order valence-electron chi connectivity index (χ3n) is 3.94. The molecule has 0 saturated heterocycles. The van der Waals surface area contributed by atoms with E-state index < -0.39 is 5.97 Å². The quantitative estimate of drug-likeness (QED) is 0.285. The SMILES string of the molecule is CCOC(=O)c1ccnc(/C(Cc2cccc(Oc3ccccc3)c2)=N/O)c1. The van der Waals surface area contributed by atoms with Gasteiger partial charge in [0.2, 0.25) is 0 Å². The van der Waals surface area contributed by atoms with Crippen molar-refractivity contribution in [3.8, 4) is 11.5 Å². The van der Waals surface area contributed by atoms with Crippen molar-refractivity contribution >= 4 is 11.7 Å². The van der Waals surface area contributed by atoms with E-state index in [4.69, 9.17) is 9.47 Å². The van der Waals surface area contributed by atoms with E-state index in [1.165, 1.54) is 6.20 Å². The van der Waals surface area contributed by atoms with E-state index in [1.54, 1.807) is 19.1 Å². The summed E-state index contributed by atoms with van der Waals surface area (Å²) in [6.07, 6.45) is 1.81. The van der Waals surface area contributed by atoms with Crippen LogP contribution in [0.3, 0.4) is 0 Å². The van der Waals surface area contributed by atoms with Crippen LogP contribution in [0.15, 0.2) is 78.1 Å². The number of nitrogens with zero attached hydrogens (tertiary/aromatic N) is 2. The summed E-state index contributed by atoms with van der Waals surface area (Å²) in [6, 6.07) is 20.1. The van der Waals surface area contributed by atoms with Crippen LogP contribution >= 0.6 is 0 Å². The number of carbonyl (C=O) groups is 1. The fourth-order valence-electron chi connectivity index (χ4n) is 2.64. The molecule has 1 aromatic heterocycles. The number of carbonyl (C=O) groups excluding carboxylic acids is 1. The second-order valence-corrected chi connectivity index (χ2v) is 5.94. The van der Waals surface area contributed by atoms with Crippen molar-refractivity contribution in [1.29, 1.82) is 0 Å². The first kappa shape index (κ1) is 19.1. The molecule has 1 heterocycles. The number of oxime groups is 1. The van der Waals surface area contributed by atoms with Crippen LogP contribution in [0, 0.1) is 0 Å². The van der Waals surface area contributed by atoms with Crippen molar-refractivity contribution in [2.24, 2.45) is 5.16 Å². The number of hydrogen-bond donors (Lipinski definition) is 1. The molecular formula is C22H20N2O4. The first-order valence-corrected chi connectivity index (χ1v) is 8.86. The number of pyridine rings is 1. The summed E-state index contributed by atoms with van der Waals surface area (Å²) in [5.74, 6) is 0.968. The first-order valence-electron chi connectivity index (χ1n) is 8.86. The highest BCUT2D eigenvalue weighted by Crippen LogP contribution is 2.22. The molecule has 0 spiro atoms. The highest BCUT2D eigenvalue weighted by atomic mass is 16.5. The van der Waals surface area contributed by atoms with Crippen molar-refractivity contribution in [1.82, 2.24) is 4.98 Å². The smallest absolute Gasteiger partial charge is 0.338 e. The molecule has 0 unspecified atom stereocenters. The third kappa shape index (κ3) is 4.94. The lowest BCUT2D eigenvalue weighted by molar-refractivity contribution is 0.0526. The number of aromatic nitrogens is 1. The summed E-state index contributed by atoms with van der Waals surface area (Å²) in [7, 11) is 0. The molecule has 28 heavy (non-hydrogen) atoms. The van der Waals surface area contributed by atoms with Crippen molar-refractivity contribution < 1.29 is 19.5 Å². The molecule has 2 aromatic carbocycles. The van der Waals surface area contributed by atoms with Gasteiger partial charge in [-0.3, -0.25) is 4.98 Å². The van der Waals surface area contributed by atoms with Crippen LogP contribution in [0.4, 0.5) is 0 Å². The zero-order valence-corrected chi connectivity index (χ0v) is 15.4. The molecule has 6 heteroatoms. The minimum absolute atomic E-state index is 0.283. The second kappa shape index (κ2) is 9.32. The van der Waals surface area contributed by atoms with Crippen molar-refractivity contribution in [3.63, 3.8) is 0 Å². The van der Waals surface area contributed by atoms with Crippen LogP contribution < -0.4 is 4.74 Å². The number of para-hydroxylation sites is 1. The minimum Gasteiger partial charge on any atom is -0.462 e. The molecule has 0 aliphatic rings. The standard InChI is InChI=1S/C22H20N2O4/c1-2-27-22(25)17-11-12-23-20(15-17)21(24-26)14-16-7-6-10-19(13-16)28-18-8-4-3-5-9-18/h3-13,15,26H,2,14H2,1H3/b24-21+. The topological polar surface area (TPSA) is 81.0 Å². The fraction of sp³-hybridized carbons (Fsp3) is 0.136. The van der Waals surface area contributed by atoms with Gasteiger partial charge in [-0.05, 0) is 48.9 Å². The lowest BCUT2D eigenvalue weighted by Gasteiger charge is -2.09. The molecule has 0 amide bonds. The van der Waals surface area contributed by atoms with E-state index in [1.807, 2.05) is 54.6 Å². The largest absolute Gasteiger partial charge is 0.462 e. The number of rotatable bonds is 7. The predicted octanol–water partition coefficient (Wildman–Crippen LogP) is 4.47. The van der Waals surface area contributed by atoms with Crippen LogP contribution in [0.1, 0.15) is 28.5 Å². The van der Waals surface area contributed by atoms with Crippen LogP contribution in [-0.2, 0) is 11.2 Å². The average Bonchev–Trinajstić information content (AvgIpc) is 2.73. The van der Waals surface area contributed by atoms with Crippen molar-refractivity contribution in [2.45, 2.75) is 13.3 Å². The highest BCUT2D eigenvalue weighted by Gasteiger charge is 2.13. The van der Waals surface area contributed by atoms with E-state index in [0.717, 1.165) is 11.3 Å². The van der Waals surface area contributed by atoms with Gasteiger partial charge in [0.1, 0.15) is 17.2 Å². The number of ether oxygens (including phenoxy) is 2. The van der Waals surface area contributed by atoms with Crippen molar-refractivity contribution in [2.75, 3.05) is 6.61 Å². The Hall–Kier alpha value is -3.67. The van der Waals surface area contributed by atoms with Gasteiger partial charge in [0.05, 0.1) is 17.9 Å². The Morgan fingerprint density at radius 2 is 1.82 bits per heavy atom.